The second-order valence-electron chi connectivity index (χ2n) is 3.36. The van der Waals surface area contributed by atoms with Gasteiger partial charge in [0.25, 0.3) is 0 Å². The van der Waals surface area contributed by atoms with Crippen molar-refractivity contribution in [1.29, 1.82) is 0 Å². The summed E-state index contributed by atoms with van der Waals surface area (Å²) >= 11 is 7.35. The van der Waals surface area contributed by atoms with Gasteiger partial charge in [0.15, 0.2) is 34.7 Å². The van der Waals surface area contributed by atoms with E-state index < -0.39 is 18.3 Å². The molecule has 0 aromatic carbocycles. The zero-order valence-electron chi connectivity index (χ0n) is 10.3. The molecule has 7 N–H and O–H groups in total. The summed E-state index contributed by atoms with van der Waals surface area (Å²) in [5.41, 5.74) is 16.9. The molecule has 20 heavy (non-hydrogen) atoms. The van der Waals surface area contributed by atoms with Gasteiger partial charge in [0.2, 0.25) is 0 Å². The van der Waals surface area contributed by atoms with Gasteiger partial charge >= 0.3 is 0 Å². The van der Waals surface area contributed by atoms with E-state index in [1.54, 1.807) is 0 Å². The van der Waals surface area contributed by atoms with Crippen LogP contribution in [0.5, 0.6) is 0 Å². The van der Waals surface area contributed by atoms with Gasteiger partial charge in [-0.25, -0.2) is 0 Å². The number of aliphatic hydroxyl groups is 3. The molecule has 3 atom stereocenters. The smallest absolute Gasteiger partial charge is 0.183 e. The first-order valence-corrected chi connectivity index (χ1v) is 5.84. The monoisotopic (exact) mass is 414 g/mol. The number of aliphatic hydroxyl groups excluding tert-OH is 3. The van der Waals surface area contributed by atoms with Crippen LogP contribution in [0.25, 0.3) is 10.9 Å². The van der Waals surface area contributed by atoms with Gasteiger partial charge in [-0.05, 0) is 6.92 Å². The molecule has 0 aliphatic rings. The van der Waals surface area contributed by atoms with Gasteiger partial charge in [-0.2, -0.15) is 0 Å². The summed E-state index contributed by atoms with van der Waals surface area (Å²) < 4.78 is 0. The van der Waals surface area contributed by atoms with Crippen molar-refractivity contribution >= 4 is 46.6 Å². The zero-order valence-corrected chi connectivity index (χ0v) is 13.6. The molecule has 0 saturated carbocycles. The minimum absolute atomic E-state index is 0. The van der Waals surface area contributed by atoms with Crippen molar-refractivity contribution in [2.45, 2.75) is 25.2 Å². The fraction of sp³-hybridized carbons (Fsp3) is 0.500. The fourth-order valence-electron chi connectivity index (χ4n) is 0.856. The average molecular weight is 415 g/mol. The molecule has 0 heterocycles. The van der Waals surface area contributed by atoms with E-state index in [9.17, 15) is 15.3 Å². The number of hydrogen-bond donors (Lipinski definition) is 5. The Labute approximate surface area is 140 Å². The van der Waals surface area contributed by atoms with E-state index in [0.717, 1.165) is 6.21 Å². The Hall–Kier alpha value is -0.418. The molecule has 9 nitrogen and oxygen atoms in total. The van der Waals surface area contributed by atoms with E-state index in [4.69, 9.17) is 11.5 Å². The van der Waals surface area contributed by atoms with Crippen molar-refractivity contribution in [3.8, 4) is 0 Å². The summed E-state index contributed by atoms with van der Waals surface area (Å²) in [4.78, 5) is 0. The van der Waals surface area contributed by atoms with Gasteiger partial charge < -0.3 is 36.4 Å². The molecule has 0 aliphatic carbocycles. The largest absolute Gasteiger partial charge is 0.515 e. The summed E-state index contributed by atoms with van der Waals surface area (Å²) in [7, 11) is 0. The van der Waals surface area contributed by atoms with Gasteiger partial charge in [-0.1, -0.05) is 0 Å². The van der Waals surface area contributed by atoms with Crippen LogP contribution in [0.3, 0.4) is 0 Å². The standard InChI is InChI=1S/C8H16N6O3S2.Pd/c1-3(15)5(16)6(17)4(12-14-8(10)19)2-11-13-7(9)18;/h2-3,5-6,15-17H,1H3,(H6,9,10,11,12,13,14,18,19);. The second kappa shape index (κ2) is 11.3. The van der Waals surface area contributed by atoms with Crippen molar-refractivity contribution < 1.29 is 35.7 Å². The van der Waals surface area contributed by atoms with E-state index in [2.05, 4.69) is 45.5 Å². The zero-order chi connectivity index (χ0) is 15.0. The van der Waals surface area contributed by atoms with E-state index in [-0.39, 0.29) is 36.4 Å². The van der Waals surface area contributed by atoms with E-state index in [0.29, 0.717) is 0 Å². The summed E-state index contributed by atoms with van der Waals surface area (Å²) in [5.74, 6) is 0. The molecular weight excluding hydrogens is 399 g/mol. The quantitative estimate of drug-likeness (QED) is 0.0770. The van der Waals surface area contributed by atoms with Gasteiger partial charge in [-0.15, -0.1) is 0 Å². The molecule has 0 bridgehead atoms. The Balaban J connectivity index is 0. The predicted octanol–water partition coefficient (Wildman–Crippen LogP) is -3.17. The third-order valence-electron chi connectivity index (χ3n) is 1.74. The minimum atomic E-state index is -1.54. The molecule has 0 rings (SSSR count). The predicted molar refractivity (Wildman–Crippen MR) is 82.2 cm³/mol. The van der Waals surface area contributed by atoms with Crippen LogP contribution in [-0.2, 0) is 44.9 Å². The third-order valence-corrected chi connectivity index (χ3v) is 1.92. The van der Waals surface area contributed by atoms with Crippen molar-refractivity contribution in [3.05, 3.63) is 10.9 Å². The van der Waals surface area contributed by atoms with Crippen molar-refractivity contribution in [2.24, 2.45) is 21.7 Å². The number of nitrogens with two attached hydrogens (primary N) is 2. The average Bonchev–Trinajstić information content (AvgIpc) is 2.30. The second-order valence-corrected chi connectivity index (χ2v) is 4.28. The number of hydrogen-bond acceptors (Lipinski definition) is 5. The van der Waals surface area contributed by atoms with Crippen LogP contribution in [0.4, 0.5) is 0 Å². The fourth-order valence-corrected chi connectivity index (χ4v) is 0.953. The van der Waals surface area contributed by atoms with Crippen LogP contribution < -0.4 is 11.5 Å². The molecule has 118 valence electrons. The number of thiol groups is 2. The minimum Gasteiger partial charge on any atom is -0.515 e. The maximum absolute atomic E-state index is 9.76. The van der Waals surface area contributed by atoms with Crippen LogP contribution in [0, 0.1) is 0 Å². The molecular formula is C8H16N6O3PdS2. The SMILES string of the molecule is CC(O)C(O)C(O)C(/C=N/[N-]C(N)=[SH+])=N\[N-]C(N)=[SH+].[Pd]. The van der Waals surface area contributed by atoms with Crippen LogP contribution in [-0.4, -0.2) is 55.8 Å². The number of nitrogens with zero attached hydrogens (tertiary/aromatic N) is 4. The Morgan fingerprint density at radius 3 is 2.05 bits per heavy atom. The maximum atomic E-state index is 9.76. The summed E-state index contributed by atoms with van der Waals surface area (Å²) in [6, 6.07) is 0. The first-order valence-electron chi connectivity index (χ1n) is 4.95. The molecule has 0 radical (unpaired) electrons. The molecule has 0 aliphatic heterocycles. The van der Waals surface area contributed by atoms with Crippen molar-refractivity contribution in [3.63, 3.8) is 0 Å². The first-order chi connectivity index (χ1) is 8.75. The maximum Gasteiger partial charge on any atom is 0.183 e. The van der Waals surface area contributed by atoms with E-state index in [1.165, 1.54) is 6.92 Å². The van der Waals surface area contributed by atoms with Gasteiger partial charge in [0.05, 0.1) is 11.8 Å². The summed E-state index contributed by atoms with van der Waals surface area (Å²) in [5, 5.41) is 35.2. The normalized spacial score (nSPS) is 16.0. The van der Waals surface area contributed by atoms with Crippen LogP contribution in [0.2, 0.25) is 0 Å². The van der Waals surface area contributed by atoms with E-state index >= 15 is 0 Å². The Morgan fingerprint density at radius 1 is 1.15 bits per heavy atom. The molecule has 12 heteroatoms. The Kier molecular flexibility index (Phi) is 12.3. The van der Waals surface area contributed by atoms with Crippen LogP contribution >= 0.6 is 0 Å². The van der Waals surface area contributed by atoms with Gasteiger partial charge in [0, 0.05) is 26.6 Å². The molecule has 0 aromatic heterocycles. The number of rotatable bonds is 6. The molecule has 3 unspecified atom stereocenters. The van der Waals surface area contributed by atoms with E-state index in [1.807, 2.05) is 0 Å². The summed E-state index contributed by atoms with van der Waals surface area (Å²) in [6.45, 7) is 1.29. The first kappa shape index (κ1) is 21.9. The molecule has 0 fully saturated rings. The summed E-state index contributed by atoms with van der Waals surface area (Å²) in [6.07, 6.45) is -3.24. The Morgan fingerprint density at radius 2 is 1.65 bits per heavy atom. The van der Waals surface area contributed by atoms with Crippen molar-refractivity contribution in [1.82, 2.24) is 0 Å². The van der Waals surface area contributed by atoms with Gasteiger partial charge in [0.1, 0.15) is 12.2 Å². The topological polar surface area (TPSA) is 166 Å². The Bertz CT molecular complexity index is 392. The third kappa shape index (κ3) is 9.48. The van der Waals surface area contributed by atoms with Crippen LogP contribution in [0.1, 0.15) is 6.92 Å². The van der Waals surface area contributed by atoms with Gasteiger partial charge in [-0.3, -0.25) is 11.5 Å². The van der Waals surface area contributed by atoms with Crippen molar-refractivity contribution in [2.75, 3.05) is 0 Å². The molecule has 0 spiro atoms. The molecule has 0 saturated heterocycles. The molecule has 0 aromatic rings. The molecule has 0 amide bonds. The van der Waals surface area contributed by atoms with Crippen LogP contribution in [0.15, 0.2) is 10.2 Å².